The fraction of sp³-hybridized carbons (Fsp3) is 0.118. The van der Waals surface area contributed by atoms with Crippen LogP contribution < -0.4 is 4.83 Å². The highest BCUT2D eigenvalue weighted by atomic mass is 32.2. The van der Waals surface area contributed by atoms with Crippen LogP contribution in [-0.4, -0.2) is 19.6 Å². The summed E-state index contributed by atoms with van der Waals surface area (Å²) in [6.45, 7) is 3.62. The van der Waals surface area contributed by atoms with Crippen LogP contribution in [0.1, 0.15) is 16.7 Å². The standard InChI is InChI=1S/C17H17N3O2S/c1-12-7-8-13(2)17(9-12)23(21,22)20-19-11-14-10-18-16-6-4-3-5-15(14)16/h3-11,18,20H,1-2H3/b19-11+. The Hall–Kier alpha value is -2.60. The van der Waals surface area contributed by atoms with Gasteiger partial charge in [0.25, 0.3) is 10.0 Å². The Bertz CT molecular complexity index is 988. The van der Waals surface area contributed by atoms with E-state index in [1.165, 1.54) is 6.21 Å². The van der Waals surface area contributed by atoms with E-state index < -0.39 is 10.0 Å². The average molecular weight is 327 g/mol. The molecule has 0 aliphatic heterocycles. The fourth-order valence-corrected chi connectivity index (χ4v) is 3.53. The topological polar surface area (TPSA) is 74.3 Å². The van der Waals surface area contributed by atoms with E-state index in [4.69, 9.17) is 0 Å². The van der Waals surface area contributed by atoms with Crippen molar-refractivity contribution in [2.24, 2.45) is 5.10 Å². The maximum Gasteiger partial charge on any atom is 0.276 e. The number of nitrogens with zero attached hydrogens (tertiary/aromatic N) is 1. The minimum atomic E-state index is -3.68. The molecule has 0 atom stereocenters. The van der Waals surface area contributed by atoms with Crippen molar-refractivity contribution in [1.82, 2.24) is 9.82 Å². The van der Waals surface area contributed by atoms with Crippen LogP contribution in [0.3, 0.4) is 0 Å². The number of hydrogen-bond donors (Lipinski definition) is 2. The molecule has 0 saturated carbocycles. The molecule has 1 heterocycles. The Balaban J connectivity index is 1.85. The summed E-state index contributed by atoms with van der Waals surface area (Å²) in [5.74, 6) is 0. The number of aryl methyl sites for hydroxylation is 2. The van der Waals surface area contributed by atoms with Gasteiger partial charge in [-0.15, -0.1) is 0 Å². The summed E-state index contributed by atoms with van der Waals surface area (Å²) in [5, 5.41) is 4.89. The second kappa shape index (κ2) is 5.89. The Morgan fingerprint density at radius 1 is 1.13 bits per heavy atom. The summed E-state index contributed by atoms with van der Waals surface area (Å²) < 4.78 is 24.7. The van der Waals surface area contributed by atoms with Crippen LogP contribution in [-0.2, 0) is 10.0 Å². The van der Waals surface area contributed by atoms with Crippen LogP contribution in [0.5, 0.6) is 0 Å². The van der Waals surface area contributed by atoms with Crippen molar-refractivity contribution in [2.75, 3.05) is 0 Å². The molecule has 0 aliphatic carbocycles. The largest absolute Gasteiger partial charge is 0.361 e. The summed E-state index contributed by atoms with van der Waals surface area (Å²) in [5.41, 5.74) is 3.37. The molecule has 118 valence electrons. The Kier molecular flexibility index (Phi) is 3.92. The van der Waals surface area contributed by atoms with Crippen LogP contribution >= 0.6 is 0 Å². The van der Waals surface area contributed by atoms with Crippen LogP contribution in [0.25, 0.3) is 10.9 Å². The summed E-state index contributed by atoms with van der Waals surface area (Å²) in [7, 11) is -3.68. The van der Waals surface area contributed by atoms with E-state index in [-0.39, 0.29) is 4.90 Å². The van der Waals surface area contributed by atoms with Gasteiger partial charge in [-0.05, 0) is 37.1 Å². The molecule has 0 fully saturated rings. The lowest BCUT2D eigenvalue weighted by Crippen LogP contribution is -2.19. The van der Waals surface area contributed by atoms with Crippen molar-refractivity contribution in [3.8, 4) is 0 Å². The SMILES string of the molecule is Cc1ccc(C)c(S(=O)(=O)N/N=C/c2c[nH]c3ccccc23)c1. The molecule has 2 N–H and O–H groups in total. The molecular formula is C17H17N3O2S. The van der Waals surface area contributed by atoms with Gasteiger partial charge in [0.05, 0.1) is 11.1 Å². The molecule has 0 radical (unpaired) electrons. The van der Waals surface area contributed by atoms with Crippen molar-refractivity contribution in [2.45, 2.75) is 18.7 Å². The maximum atomic E-state index is 12.4. The third-order valence-corrected chi connectivity index (χ3v) is 5.00. The maximum absolute atomic E-state index is 12.4. The second-order valence-corrected chi connectivity index (χ2v) is 7.04. The number of nitrogens with one attached hydrogen (secondary N) is 2. The number of benzene rings is 2. The Morgan fingerprint density at radius 2 is 1.91 bits per heavy atom. The lowest BCUT2D eigenvalue weighted by Gasteiger charge is -2.07. The summed E-state index contributed by atoms with van der Waals surface area (Å²) in [6, 6.07) is 13.1. The normalized spacial score (nSPS) is 12.1. The molecule has 5 nitrogen and oxygen atoms in total. The zero-order valence-corrected chi connectivity index (χ0v) is 13.7. The number of H-pyrrole nitrogens is 1. The molecule has 3 aromatic rings. The smallest absolute Gasteiger partial charge is 0.276 e. The lowest BCUT2D eigenvalue weighted by molar-refractivity contribution is 0.584. The van der Waals surface area contributed by atoms with Crippen LogP contribution in [0.15, 0.2) is 58.7 Å². The van der Waals surface area contributed by atoms with E-state index >= 15 is 0 Å². The van der Waals surface area contributed by atoms with E-state index in [0.29, 0.717) is 5.56 Å². The van der Waals surface area contributed by atoms with Gasteiger partial charge in [0.1, 0.15) is 0 Å². The molecule has 0 amide bonds. The first-order chi connectivity index (χ1) is 11.0. The number of rotatable bonds is 4. The van der Waals surface area contributed by atoms with E-state index in [1.807, 2.05) is 37.3 Å². The van der Waals surface area contributed by atoms with Gasteiger partial charge in [0.15, 0.2) is 0 Å². The average Bonchev–Trinajstić information content (AvgIpc) is 2.93. The van der Waals surface area contributed by atoms with Crippen LogP contribution in [0.4, 0.5) is 0 Å². The summed E-state index contributed by atoms with van der Waals surface area (Å²) >= 11 is 0. The number of hydrazone groups is 1. The molecular weight excluding hydrogens is 310 g/mol. The van der Waals surface area contributed by atoms with E-state index in [9.17, 15) is 8.42 Å². The van der Waals surface area contributed by atoms with Crippen molar-refractivity contribution < 1.29 is 8.42 Å². The van der Waals surface area contributed by atoms with Crippen LogP contribution in [0.2, 0.25) is 0 Å². The first kappa shape index (κ1) is 15.3. The molecule has 23 heavy (non-hydrogen) atoms. The summed E-state index contributed by atoms with van der Waals surface area (Å²) in [4.78, 5) is 5.63. The third kappa shape index (κ3) is 3.12. The highest BCUT2D eigenvalue weighted by Gasteiger charge is 2.15. The number of sulfonamides is 1. The highest BCUT2D eigenvalue weighted by molar-refractivity contribution is 7.89. The van der Waals surface area contributed by atoms with Crippen molar-refractivity contribution in [3.05, 3.63) is 65.4 Å². The first-order valence-electron chi connectivity index (χ1n) is 7.15. The fourth-order valence-electron chi connectivity index (χ4n) is 2.41. The highest BCUT2D eigenvalue weighted by Crippen LogP contribution is 2.17. The predicted octanol–water partition coefficient (Wildman–Crippen LogP) is 3.10. The Labute approximate surface area is 135 Å². The molecule has 3 rings (SSSR count). The van der Waals surface area contributed by atoms with Gasteiger partial charge in [-0.3, -0.25) is 0 Å². The number of fused-ring (bicyclic) bond motifs is 1. The van der Waals surface area contributed by atoms with Crippen molar-refractivity contribution >= 4 is 27.1 Å². The minimum Gasteiger partial charge on any atom is -0.361 e. The number of hydrogen-bond acceptors (Lipinski definition) is 3. The molecule has 2 aromatic carbocycles. The van der Waals surface area contributed by atoms with Crippen molar-refractivity contribution in [3.63, 3.8) is 0 Å². The number of para-hydroxylation sites is 1. The Morgan fingerprint density at radius 3 is 2.74 bits per heavy atom. The lowest BCUT2D eigenvalue weighted by atomic mass is 10.2. The van der Waals surface area contributed by atoms with Crippen molar-refractivity contribution in [1.29, 1.82) is 0 Å². The van der Waals surface area contributed by atoms with E-state index in [0.717, 1.165) is 22.0 Å². The monoisotopic (exact) mass is 327 g/mol. The summed E-state index contributed by atoms with van der Waals surface area (Å²) in [6.07, 6.45) is 3.29. The molecule has 6 heteroatoms. The molecule has 0 spiro atoms. The van der Waals surface area contributed by atoms with Gasteiger partial charge < -0.3 is 4.98 Å². The second-order valence-electron chi connectivity index (χ2n) is 5.41. The van der Waals surface area contributed by atoms with Gasteiger partial charge >= 0.3 is 0 Å². The first-order valence-corrected chi connectivity index (χ1v) is 8.64. The quantitative estimate of drug-likeness (QED) is 0.571. The van der Waals surface area contributed by atoms with E-state index in [1.54, 1.807) is 25.3 Å². The zero-order chi connectivity index (χ0) is 16.4. The third-order valence-electron chi connectivity index (χ3n) is 3.63. The van der Waals surface area contributed by atoms with Gasteiger partial charge in [0, 0.05) is 22.7 Å². The molecule has 0 aliphatic rings. The van der Waals surface area contributed by atoms with Gasteiger partial charge in [0.2, 0.25) is 0 Å². The number of aromatic amines is 1. The zero-order valence-electron chi connectivity index (χ0n) is 12.9. The van der Waals surface area contributed by atoms with E-state index in [2.05, 4.69) is 14.9 Å². The molecule has 0 unspecified atom stereocenters. The molecule has 0 bridgehead atoms. The predicted molar refractivity (Wildman–Crippen MR) is 92.1 cm³/mol. The molecule has 0 saturated heterocycles. The van der Waals surface area contributed by atoms with Crippen LogP contribution in [0, 0.1) is 13.8 Å². The van der Waals surface area contributed by atoms with Gasteiger partial charge in [-0.25, -0.2) is 4.83 Å². The molecule has 1 aromatic heterocycles. The number of aromatic nitrogens is 1. The minimum absolute atomic E-state index is 0.244. The van der Waals surface area contributed by atoms with Gasteiger partial charge in [-0.1, -0.05) is 30.3 Å². The van der Waals surface area contributed by atoms with Gasteiger partial charge in [-0.2, -0.15) is 13.5 Å².